The van der Waals surface area contributed by atoms with Gasteiger partial charge in [-0.15, -0.1) is 0 Å². The Hall–Kier alpha value is -2.17. The Balaban J connectivity index is 2.24. The lowest BCUT2D eigenvalue weighted by atomic mass is 9.79. The number of carbonyl (C=O) groups excluding carboxylic acids is 3. The van der Waals surface area contributed by atoms with Gasteiger partial charge in [0.2, 0.25) is 0 Å². The zero-order valence-electron chi connectivity index (χ0n) is 14.7. The second-order valence-corrected chi connectivity index (χ2v) is 6.74. The first kappa shape index (κ1) is 18.2. The van der Waals surface area contributed by atoms with Crippen LogP contribution in [0.2, 0.25) is 0 Å². The Labute approximate surface area is 142 Å². The second kappa shape index (κ2) is 7.16. The van der Waals surface area contributed by atoms with E-state index in [4.69, 9.17) is 9.47 Å². The molecular weight excluding hydrogens is 308 g/mol. The summed E-state index contributed by atoms with van der Waals surface area (Å²) in [5.41, 5.74) is 1.39. The Bertz CT molecular complexity index is 660. The summed E-state index contributed by atoms with van der Waals surface area (Å²) < 4.78 is 10.5. The Morgan fingerprint density at radius 3 is 2.62 bits per heavy atom. The standard InChI is InChI=1S/C19H24O5/c1-5-23-18(22)14(12(2)20)11-16(21)13-6-7-17-15(10-13)19(3,4)8-9-24-17/h6-7,10,14H,5,8-9,11H2,1-4H3/t14-/m0/s1. The van der Waals surface area contributed by atoms with Crippen LogP contribution in [0.4, 0.5) is 0 Å². The fraction of sp³-hybridized carbons (Fsp3) is 0.526. The molecule has 1 atom stereocenters. The Morgan fingerprint density at radius 2 is 2.00 bits per heavy atom. The average Bonchev–Trinajstić information content (AvgIpc) is 2.51. The molecule has 0 fully saturated rings. The maximum absolute atomic E-state index is 12.6. The second-order valence-electron chi connectivity index (χ2n) is 6.74. The molecule has 0 aliphatic carbocycles. The van der Waals surface area contributed by atoms with E-state index < -0.39 is 11.9 Å². The lowest BCUT2D eigenvalue weighted by molar-refractivity contribution is -0.151. The maximum Gasteiger partial charge on any atom is 0.316 e. The van der Waals surface area contributed by atoms with Crippen LogP contribution in [0.15, 0.2) is 18.2 Å². The number of ether oxygens (including phenoxy) is 2. The fourth-order valence-corrected chi connectivity index (χ4v) is 2.85. The van der Waals surface area contributed by atoms with Crippen molar-refractivity contribution in [3.8, 4) is 5.75 Å². The molecule has 0 saturated carbocycles. The molecule has 1 aromatic carbocycles. The van der Waals surface area contributed by atoms with Gasteiger partial charge in [-0.2, -0.15) is 0 Å². The molecule has 5 heteroatoms. The number of ketones is 2. The monoisotopic (exact) mass is 332 g/mol. The van der Waals surface area contributed by atoms with Gasteiger partial charge in [0.15, 0.2) is 5.78 Å². The van der Waals surface area contributed by atoms with Crippen molar-refractivity contribution in [1.29, 1.82) is 0 Å². The molecule has 0 saturated heterocycles. The van der Waals surface area contributed by atoms with E-state index in [9.17, 15) is 14.4 Å². The predicted octanol–water partition coefficient (Wildman–Crippen LogP) is 3.09. The van der Waals surface area contributed by atoms with E-state index in [0.717, 1.165) is 17.7 Å². The molecule has 0 aromatic heterocycles. The topological polar surface area (TPSA) is 69.7 Å². The molecule has 24 heavy (non-hydrogen) atoms. The largest absolute Gasteiger partial charge is 0.493 e. The van der Waals surface area contributed by atoms with Crippen LogP contribution in [0.25, 0.3) is 0 Å². The molecule has 0 radical (unpaired) electrons. The van der Waals surface area contributed by atoms with Crippen LogP contribution in [0.1, 0.15) is 56.5 Å². The number of hydrogen-bond acceptors (Lipinski definition) is 5. The fourth-order valence-electron chi connectivity index (χ4n) is 2.85. The van der Waals surface area contributed by atoms with Crippen molar-refractivity contribution in [2.45, 2.75) is 46.0 Å². The summed E-state index contributed by atoms with van der Waals surface area (Å²) in [5, 5.41) is 0. The number of rotatable bonds is 6. The molecule has 2 rings (SSSR count). The van der Waals surface area contributed by atoms with Crippen molar-refractivity contribution in [3.05, 3.63) is 29.3 Å². The van der Waals surface area contributed by atoms with Crippen molar-refractivity contribution in [2.75, 3.05) is 13.2 Å². The van der Waals surface area contributed by atoms with E-state index in [1.807, 2.05) is 6.07 Å². The number of esters is 1. The zero-order chi connectivity index (χ0) is 17.9. The van der Waals surface area contributed by atoms with Crippen LogP contribution >= 0.6 is 0 Å². The van der Waals surface area contributed by atoms with Crippen LogP contribution in [-0.4, -0.2) is 30.7 Å². The van der Waals surface area contributed by atoms with Crippen LogP contribution in [0, 0.1) is 5.92 Å². The average molecular weight is 332 g/mol. The van der Waals surface area contributed by atoms with E-state index in [0.29, 0.717) is 12.2 Å². The van der Waals surface area contributed by atoms with Gasteiger partial charge in [0, 0.05) is 17.5 Å². The highest BCUT2D eigenvalue weighted by Crippen LogP contribution is 2.38. The quantitative estimate of drug-likeness (QED) is 0.455. The summed E-state index contributed by atoms with van der Waals surface area (Å²) in [7, 11) is 0. The van der Waals surface area contributed by atoms with Gasteiger partial charge >= 0.3 is 5.97 Å². The number of fused-ring (bicyclic) bond motifs is 1. The lowest BCUT2D eigenvalue weighted by Gasteiger charge is -2.32. The smallest absolute Gasteiger partial charge is 0.316 e. The maximum atomic E-state index is 12.6. The van der Waals surface area contributed by atoms with Gasteiger partial charge in [0.05, 0.1) is 13.2 Å². The minimum absolute atomic E-state index is 0.0784. The Morgan fingerprint density at radius 1 is 1.29 bits per heavy atom. The van der Waals surface area contributed by atoms with E-state index >= 15 is 0 Å². The van der Waals surface area contributed by atoms with Gasteiger partial charge in [0.1, 0.15) is 17.5 Å². The molecule has 1 aromatic rings. The van der Waals surface area contributed by atoms with Crippen molar-refractivity contribution in [3.63, 3.8) is 0 Å². The molecule has 0 unspecified atom stereocenters. The minimum Gasteiger partial charge on any atom is -0.493 e. The van der Waals surface area contributed by atoms with Gasteiger partial charge in [-0.1, -0.05) is 13.8 Å². The van der Waals surface area contributed by atoms with Gasteiger partial charge in [0.25, 0.3) is 0 Å². The summed E-state index contributed by atoms with van der Waals surface area (Å²) in [6.07, 6.45) is 0.699. The molecule has 0 N–H and O–H groups in total. The highest BCUT2D eigenvalue weighted by atomic mass is 16.5. The van der Waals surface area contributed by atoms with E-state index in [1.54, 1.807) is 19.1 Å². The third-order valence-electron chi connectivity index (χ3n) is 4.47. The zero-order valence-corrected chi connectivity index (χ0v) is 14.7. The van der Waals surface area contributed by atoms with Gasteiger partial charge in [-0.25, -0.2) is 0 Å². The lowest BCUT2D eigenvalue weighted by Crippen LogP contribution is -2.28. The van der Waals surface area contributed by atoms with Gasteiger partial charge < -0.3 is 9.47 Å². The van der Waals surface area contributed by atoms with E-state index in [-0.39, 0.29) is 30.0 Å². The first-order chi connectivity index (χ1) is 11.3. The minimum atomic E-state index is -1.04. The van der Waals surface area contributed by atoms with Crippen molar-refractivity contribution < 1.29 is 23.9 Å². The Kier molecular flexibility index (Phi) is 5.42. The van der Waals surface area contributed by atoms with Crippen molar-refractivity contribution in [2.24, 2.45) is 5.92 Å². The molecule has 0 spiro atoms. The van der Waals surface area contributed by atoms with Crippen molar-refractivity contribution >= 4 is 17.5 Å². The molecule has 1 heterocycles. The molecule has 0 bridgehead atoms. The third-order valence-corrected chi connectivity index (χ3v) is 4.47. The summed E-state index contributed by atoms with van der Waals surface area (Å²) in [6, 6.07) is 5.29. The first-order valence-electron chi connectivity index (χ1n) is 8.24. The summed E-state index contributed by atoms with van der Waals surface area (Å²) in [5.74, 6) is -1.50. The predicted molar refractivity (Wildman–Crippen MR) is 89.3 cm³/mol. The molecule has 5 nitrogen and oxygen atoms in total. The number of benzene rings is 1. The number of hydrogen-bond donors (Lipinski definition) is 0. The summed E-state index contributed by atoms with van der Waals surface area (Å²) in [4.78, 5) is 36.1. The van der Waals surface area contributed by atoms with Crippen LogP contribution in [0.3, 0.4) is 0 Å². The van der Waals surface area contributed by atoms with Gasteiger partial charge in [-0.05, 0) is 43.9 Å². The van der Waals surface area contributed by atoms with E-state index in [2.05, 4.69) is 13.8 Å². The van der Waals surface area contributed by atoms with Gasteiger partial charge in [-0.3, -0.25) is 14.4 Å². The third kappa shape index (κ3) is 3.83. The molecule has 0 amide bonds. The van der Waals surface area contributed by atoms with Crippen molar-refractivity contribution in [1.82, 2.24) is 0 Å². The first-order valence-corrected chi connectivity index (χ1v) is 8.24. The summed E-state index contributed by atoms with van der Waals surface area (Å²) in [6.45, 7) is 8.03. The summed E-state index contributed by atoms with van der Waals surface area (Å²) >= 11 is 0. The molecular formula is C19H24O5. The van der Waals surface area contributed by atoms with Crippen LogP contribution in [0.5, 0.6) is 5.75 Å². The number of Topliss-reactive ketones (excluding diaryl/α,β-unsaturated/α-hetero) is 2. The molecule has 1 aliphatic heterocycles. The van der Waals surface area contributed by atoms with Crippen LogP contribution < -0.4 is 4.74 Å². The van der Waals surface area contributed by atoms with E-state index in [1.165, 1.54) is 6.92 Å². The number of carbonyl (C=O) groups is 3. The highest BCUT2D eigenvalue weighted by molar-refractivity contribution is 6.05. The highest BCUT2D eigenvalue weighted by Gasteiger charge is 2.31. The molecule has 1 aliphatic rings. The SMILES string of the molecule is CCOC(=O)[C@@H](CC(=O)c1ccc2c(c1)C(C)(C)CCO2)C(C)=O. The normalized spacial score (nSPS) is 16.5. The van der Waals surface area contributed by atoms with Crippen LogP contribution in [-0.2, 0) is 19.7 Å². The molecule has 130 valence electrons.